The first kappa shape index (κ1) is 19.0. The quantitative estimate of drug-likeness (QED) is 0.440. The fraction of sp³-hybridized carbons (Fsp3) is 0.0909. The molecule has 0 aliphatic carbocycles. The van der Waals surface area contributed by atoms with Gasteiger partial charge in [-0.2, -0.15) is 0 Å². The van der Waals surface area contributed by atoms with E-state index in [0.717, 1.165) is 11.1 Å². The average Bonchev–Trinajstić information content (AvgIpc) is 3.23. The Morgan fingerprint density at radius 1 is 1.00 bits per heavy atom. The van der Waals surface area contributed by atoms with Crippen molar-refractivity contribution in [2.45, 2.75) is 6.04 Å². The van der Waals surface area contributed by atoms with E-state index in [4.69, 9.17) is 20.8 Å². The Bertz CT molecular complexity index is 1100. The Hall–Kier alpha value is -3.38. The number of anilines is 1. The van der Waals surface area contributed by atoms with Crippen molar-refractivity contribution in [2.75, 3.05) is 12.4 Å². The number of benzene rings is 3. The first-order chi connectivity index (χ1) is 14.1. The number of methoxy groups -OCH3 is 1. The van der Waals surface area contributed by atoms with E-state index < -0.39 is 6.04 Å². The Labute approximate surface area is 172 Å². The van der Waals surface area contributed by atoms with Crippen LogP contribution in [-0.2, 0) is 0 Å². The highest BCUT2D eigenvalue weighted by Crippen LogP contribution is 2.34. The molecule has 1 aromatic heterocycles. The van der Waals surface area contributed by atoms with Gasteiger partial charge in [-0.1, -0.05) is 41.9 Å². The molecule has 29 heavy (non-hydrogen) atoms. The Morgan fingerprint density at radius 2 is 1.76 bits per heavy atom. The lowest BCUT2D eigenvalue weighted by molar-refractivity contribution is 0.415. The lowest BCUT2D eigenvalue weighted by atomic mass is 10.1. The Balaban J connectivity index is 1.75. The van der Waals surface area contributed by atoms with Gasteiger partial charge in [0.1, 0.15) is 17.6 Å². The number of nitrogens with one attached hydrogen (secondary N) is 1. The molecule has 4 aromatic rings. The normalized spacial score (nSPS) is 11.8. The maximum Gasteiger partial charge on any atom is 0.247 e. The van der Waals surface area contributed by atoms with Crippen molar-refractivity contribution >= 4 is 17.3 Å². The fourth-order valence-corrected chi connectivity index (χ4v) is 3.11. The minimum absolute atomic E-state index is 0.330. The van der Waals surface area contributed by atoms with E-state index in [1.165, 1.54) is 12.1 Å². The van der Waals surface area contributed by atoms with Gasteiger partial charge in [-0.25, -0.2) is 4.39 Å². The molecule has 1 atom stereocenters. The number of rotatable bonds is 6. The van der Waals surface area contributed by atoms with E-state index in [1.807, 2.05) is 30.3 Å². The number of nitrogens with zero attached hydrogens (tertiary/aromatic N) is 2. The van der Waals surface area contributed by atoms with Gasteiger partial charge in [-0.15, -0.1) is 10.2 Å². The van der Waals surface area contributed by atoms with Gasteiger partial charge in [0.2, 0.25) is 11.8 Å². The van der Waals surface area contributed by atoms with Crippen LogP contribution in [0.3, 0.4) is 0 Å². The lowest BCUT2D eigenvalue weighted by Gasteiger charge is -2.19. The van der Waals surface area contributed by atoms with Gasteiger partial charge in [-0.05, 0) is 48.0 Å². The molecule has 0 spiro atoms. The molecule has 5 nitrogen and oxygen atoms in total. The third kappa shape index (κ3) is 4.22. The van der Waals surface area contributed by atoms with E-state index in [1.54, 1.807) is 37.4 Å². The highest BCUT2D eigenvalue weighted by atomic mass is 35.5. The first-order valence-electron chi connectivity index (χ1n) is 8.88. The summed E-state index contributed by atoms with van der Waals surface area (Å²) in [5.74, 6) is 0.998. The third-order valence-electron chi connectivity index (χ3n) is 4.37. The number of ether oxygens (including phenoxy) is 1. The van der Waals surface area contributed by atoms with E-state index in [-0.39, 0.29) is 5.82 Å². The molecule has 3 aromatic carbocycles. The van der Waals surface area contributed by atoms with Gasteiger partial charge in [0, 0.05) is 10.6 Å². The number of hydrogen-bond donors (Lipinski definition) is 1. The smallest absolute Gasteiger partial charge is 0.247 e. The SMILES string of the molecule is COc1ccc(Cl)cc1NC(c1ccc(F)cc1)c1nnc(-c2ccccc2)o1. The van der Waals surface area contributed by atoms with E-state index >= 15 is 0 Å². The minimum atomic E-state index is -0.534. The summed E-state index contributed by atoms with van der Waals surface area (Å²) in [4.78, 5) is 0. The Morgan fingerprint density at radius 3 is 2.48 bits per heavy atom. The summed E-state index contributed by atoms with van der Waals surface area (Å²) >= 11 is 6.16. The molecule has 0 saturated heterocycles. The summed E-state index contributed by atoms with van der Waals surface area (Å²) in [7, 11) is 1.57. The summed E-state index contributed by atoms with van der Waals surface area (Å²) in [6.07, 6.45) is 0. The van der Waals surface area contributed by atoms with E-state index in [0.29, 0.717) is 28.2 Å². The minimum Gasteiger partial charge on any atom is -0.495 e. The van der Waals surface area contributed by atoms with Crippen molar-refractivity contribution in [2.24, 2.45) is 0 Å². The van der Waals surface area contributed by atoms with Crippen LogP contribution in [0.2, 0.25) is 5.02 Å². The topological polar surface area (TPSA) is 60.2 Å². The zero-order chi connectivity index (χ0) is 20.2. The number of hydrogen-bond acceptors (Lipinski definition) is 5. The van der Waals surface area contributed by atoms with Crippen LogP contribution in [0.4, 0.5) is 10.1 Å². The largest absolute Gasteiger partial charge is 0.495 e. The molecule has 4 rings (SSSR count). The van der Waals surface area contributed by atoms with Gasteiger partial charge in [0.05, 0.1) is 12.8 Å². The molecule has 1 N–H and O–H groups in total. The van der Waals surface area contributed by atoms with Gasteiger partial charge in [0.15, 0.2) is 0 Å². The molecular weight excluding hydrogens is 393 g/mol. The highest BCUT2D eigenvalue weighted by molar-refractivity contribution is 6.30. The standard InChI is InChI=1S/C22H17ClFN3O2/c1-28-19-12-9-16(23)13-18(19)25-20(14-7-10-17(24)11-8-14)22-27-26-21(29-22)15-5-3-2-4-6-15/h2-13,20,25H,1H3. The van der Waals surface area contributed by atoms with E-state index in [9.17, 15) is 4.39 Å². The predicted octanol–water partition coefficient (Wildman–Crippen LogP) is 5.74. The molecule has 0 fully saturated rings. The fourth-order valence-electron chi connectivity index (χ4n) is 2.94. The van der Waals surface area contributed by atoms with Crippen LogP contribution < -0.4 is 10.1 Å². The average molecular weight is 410 g/mol. The first-order valence-corrected chi connectivity index (χ1v) is 9.26. The lowest BCUT2D eigenvalue weighted by Crippen LogP contribution is -2.13. The van der Waals surface area contributed by atoms with Gasteiger partial charge < -0.3 is 14.5 Å². The van der Waals surface area contributed by atoms with Crippen LogP contribution in [0.25, 0.3) is 11.5 Å². The third-order valence-corrected chi connectivity index (χ3v) is 4.61. The van der Waals surface area contributed by atoms with Crippen LogP contribution in [0.1, 0.15) is 17.5 Å². The van der Waals surface area contributed by atoms with E-state index in [2.05, 4.69) is 15.5 Å². The van der Waals surface area contributed by atoms with Gasteiger partial charge in [-0.3, -0.25) is 0 Å². The maximum atomic E-state index is 13.5. The zero-order valence-corrected chi connectivity index (χ0v) is 16.2. The van der Waals surface area contributed by atoms with Crippen molar-refractivity contribution in [1.29, 1.82) is 0 Å². The molecule has 0 aliphatic heterocycles. The van der Waals surface area contributed by atoms with Crippen molar-refractivity contribution in [1.82, 2.24) is 10.2 Å². The summed E-state index contributed by atoms with van der Waals surface area (Å²) < 4.78 is 24.8. The van der Waals surface area contributed by atoms with Gasteiger partial charge >= 0.3 is 0 Å². The predicted molar refractivity (Wildman–Crippen MR) is 110 cm³/mol. The van der Waals surface area contributed by atoms with Crippen LogP contribution in [0.5, 0.6) is 5.75 Å². The zero-order valence-electron chi connectivity index (χ0n) is 15.5. The van der Waals surface area contributed by atoms with Crippen LogP contribution >= 0.6 is 11.6 Å². The van der Waals surface area contributed by atoms with Crippen LogP contribution in [-0.4, -0.2) is 17.3 Å². The molecule has 1 heterocycles. The van der Waals surface area contributed by atoms with Crippen LogP contribution in [0.15, 0.2) is 77.2 Å². The molecule has 1 unspecified atom stereocenters. The number of halogens is 2. The molecule has 146 valence electrons. The number of aromatic nitrogens is 2. The van der Waals surface area contributed by atoms with Crippen molar-refractivity contribution in [3.05, 3.63) is 95.1 Å². The molecule has 0 radical (unpaired) electrons. The maximum absolute atomic E-state index is 13.5. The summed E-state index contributed by atoms with van der Waals surface area (Å²) in [5.41, 5.74) is 2.20. The van der Waals surface area contributed by atoms with Crippen molar-refractivity contribution < 1.29 is 13.5 Å². The molecule has 0 saturated carbocycles. The second-order valence-corrected chi connectivity index (χ2v) is 6.72. The molecular formula is C22H17ClFN3O2. The summed E-state index contributed by atoms with van der Waals surface area (Å²) in [6.45, 7) is 0. The summed E-state index contributed by atoms with van der Waals surface area (Å²) in [5, 5.41) is 12.3. The molecule has 0 amide bonds. The van der Waals surface area contributed by atoms with Crippen LogP contribution in [0, 0.1) is 5.82 Å². The van der Waals surface area contributed by atoms with Crippen molar-refractivity contribution in [3.8, 4) is 17.2 Å². The molecule has 0 bridgehead atoms. The molecule has 7 heteroatoms. The second kappa shape index (κ2) is 8.32. The summed E-state index contributed by atoms with van der Waals surface area (Å²) in [6, 6.07) is 20.3. The van der Waals surface area contributed by atoms with Crippen molar-refractivity contribution in [3.63, 3.8) is 0 Å². The highest BCUT2D eigenvalue weighted by Gasteiger charge is 2.23. The Kier molecular flexibility index (Phi) is 5.44. The monoisotopic (exact) mass is 409 g/mol. The van der Waals surface area contributed by atoms with Gasteiger partial charge in [0.25, 0.3) is 0 Å². The second-order valence-electron chi connectivity index (χ2n) is 6.28. The molecule has 0 aliphatic rings.